The Morgan fingerprint density at radius 3 is 2.81 bits per heavy atom. The third-order valence-electron chi connectivity index (χ3n) is 2.23. The number of methoxy groups -OCH3 is 1. The molecule has 1 aromatic heterocycles. The number of ether oxygens (including phenoxy) is 1. The molecule has 0 bridgehead atoms. The van der Waals surface area contributed by atoms with Crippen LogP contribution in [0.4, 0.5) is 5.69 Å². The molecule has 1 heterocycles. The second-order valence-electron chi connectivity index (χ2n) is 4.22. The minimum atomic E-state index is 0.00662. The first-order valence-corrected chi connectivity index (χ1v) is 5.56. The zero-order chi connectivity index (χ0) is 12.0. The van der Waals surface area contributed by atoms with Gasteiger partial charge in [0.05, 0.1) is 12.3 Å². The molecule has 0 aromatic carbocycles. The second-order valence-corrected chi connectivity index (χ2v) is 4.22. The third-order valence-corrected chi connectivity index (χ3v) is 2.23. The van der Waals surface area contributed by atoms with Crippen LogP contribution in [0.3, 0.4) is 0 Å². The molecule has 1 N–H and O–H groups in total. The number of nitrogens with zero attached hydrogens (tertiary/aromatic N) is 1. The monoisotopic (exact) mass is 224 g/mol. The molecule has 0 amide bonds. The number of anilines is 1. The summed E-state index contributed by atoms with van der Waals surface area (Å²) >= 11 is 0. The van der Waals surface area contributed by atoms with Crippen LogP contribution < -0.4 is 10.9 Å². The molecule has 1 aromatic rings. The summed E-state index contributed by atoms with van der Waals surface area (Å²) in [6.45, 7) is 6.34. The molecule has 0 saturated heterocycles. The Bertz CT molecular complexity index is 372. The van der Waals surface area contributed by atoms with Crippen molar-refractivity contribution in [2.45, 2.75) is 20.4 Å². The van der Waals surface area contributed by atoms with Gasteiger partial charge in [-0.2, -0.15) is 0 Å². The highest BCUT2D eigenvalue weighted by Gasteiger charge is 1.99. The number of aromatic nitrogens is 1. The molecule has 1 rings (SSSR count). The average molecular weight is 224 g/mol. The maximum Gasteiger partial charge on any atom is 0.250 e. The molecule has 0 aliphatic rings. The molecule has 4 heteroatoms. The summed E-state index contributed by atoms with van der Waals surface area (Å²) in [5, 5.41) is 3.29. The van der Waals surface area contributed by atoms with Gasteiger partial charge in [0.2, 0.25) is 0 Å². The fraction of sp³-hybridized carbons (Fsp3) is 0.583. The normalized spacial score (nSPS) is 10.8. The van der Waals surface area contributed by atoms with Crippen molar-refractivity contribution in [2.75, 3.05) is 25.6 Å². The summed E-state index contributed by atoms with van der Waals surface area (Å²) in [7, 11) is 1.63. The minimum Gasteiger partial charge on any atom is -0.384 e. The predicted molar refractivity (Wildman–Crippen MR) is 65.9 cm³/mol. The smallest absolute Gasteiger partial charge is 0.250 e. The lowest BCUT2D eigenvalue weighted by Crippen LogP contribution is -2.21. The van der Waals surface area contributed by atoms with Crippen LogP contribution in [0.15, 0.2) is 23.1 Å². The third kappa shape index (κ3) is 4.06. The number of rotatable bonds is 6. The van der Waals surface area contributed by atoms with Crippen LogP contribution in [0, 0.1) is 5.92 Å². The van der Waals surface area contributed by atoms with E-state index in [1.807, 2.05) is 12.3 Å². The molecular weight excluding hydrogens is 204 g/mol. The fourth-order valence-electron chi connectivity index (χ4n) is 1.32. The fourth-order valence-corrected chi connectivity index (χ4v) is 1.32. The quantitative estimate of drug-likeness (QED) is 0.797. The Balaban J connectivity index is 2.69. The molecular formula is C12H20N2O2. The van der Waals surface area contributed by atoms with E-state index in [1.165, 1.54) is 0 Å². The van der Waals surface area contributed by atoms with Gasteiger partial charge in [0.1, 0.15) is 0 Å². The van der Waals surface area contributed by atoms with Crippen molar-refractivity contribution in [3.63, 3.8) is 0 Å². The van der Waals surface area contributed by atoms with Crippen LogP contribution in [-0.4, -0.2) is 24.8 Å². The number of nitrogens with one attached hydrogen (secondary N) is 1. The van der Waals surface area contributed by atoms with Crippen molar-refractivity contribution < 1.29 is 4.74 Å². The molecule has 0 aliphatic carbocycles. The molecule has 90 valence electrons. The summed E-state index contributed by atoms with van der Waals surface area (Å²) < 4.78 is 6.62. The molecule has 4 nitrogen and oxygen atoms in total. The van der Waals surface area contributed by atoms with Crippen molar-refractivity contribution in [3.8, 4) is 0 Å². The Morgan fingerprint density at radius 2 is 2.19 bits per heavy atom. The zero-order valence-electron chi connectivity index (χ0n) is 10.2. The van der Waals surface area contributed by atoms with Crippen molar-refractivity contribution >= 4 is 5.69 Å². The van der Waals surface area contributed by atoms with Crippen LogP contribution in [0.1, 0.15) is 13.8 Å². The first kappa shape index (κ1) is 12.8. The van der Waals surface area contributed by atoms with Gasteiger partial charge in [0, 0.05) is 32.5 Å². The van der Waals surface area contributed by atoms with Gasteiger partial charge in [0.25, 0.3) is 5.56 Å². The van der Waals surface area contributed by atoms with Crippen molar-refractivity contribution in [1.29, 1.82) is 0 Å². The van der Waals surface area contributed by atoms with Gasteiger partial charge >= 0.3 is 0 Å². The molecule has 0 atom stereocenters. The average Bonchev–Trinajstić information content (AvgIpc) is 2.26. The van der Waals surface area contributed by atoms with Gasteiger partial charge in [0.15, 0.2) is 0 Å². The SMILES string of the molecule is COCCn1cc(NCC(C)C)ccc1=O. The lowest BCUT2D eigenvalue weighted by Gasteiger charge is -2.11. The van der Waals surface area contributed by atoms with E-state index in [9.17, 15) is 4.79 Å². The van der Waals surface area contributed by atoms with Crippen LogP contribution in [0.2, 0.25) is 0 Å². The van der Waals surface area contributed by atoms with Gasteiger partial charge in [-0.1, -0.05) is 13.8 Å². The Kier molecular flexibility index (Phi) is 5.05. The molecule has 0 radical (unpaired) electrons. The van der Waals surface area contributed by atoms with E-state index in [0.717, 1.165) is 12.2 Å². The van der Waals surface area contributed by atoms with Crippen molar-refractivity contribution in [1.82, 2.24) is 4.57 Å². The highest BCUT2D eigenvalue weighted by Crippen LogP contribution is 2.04. The standard InChI is InChI=1S/C12H20N2O2/c1-10(2)8-13-11-4-5-12(15)14(9-11)6-7-16-3/h4-5,9-10,13H,6-8H2,1-3H3. The summed E-state index contributed by atoms with van der Waals surface area (Å²) in [6.07, 6.45) is 1.84. The van der Waals surface area contributed by atoms with E-state index in [-0.39, 0.29) is 5.56 Å². The second kappa shape index (κ2) is 6.33. The summed E-state index contributed by atoms with van der Waals surface area (Å²) in [5.74, 6) is 0.583. The molecule has 0 unspecified atom stereocenters. The van der Waals surface area contributed by atoms with E-state index in [1.54, 1.807) is 17.7 Å². The Morgan fingerprint density at radius 1 is 1.44 bits per heavy atom. The Labute approximate surface area is 96.2 Å². The maximum absolute atomic E-state index is 11.5. The number of pyridine rings is 1. The van der Waals surface area contributed by atoms with E-state index in [2.05, 4.69) is 19.2 Å². The highest BCUT2D eigenvalue weighted by molar-refractivity contribution is 5.40. The van der Waals surface area contributed by atoms with Crippen LogP contribution in [-0.2, 0) is 11.3 Å². The minimum absolute atomic E-state index is 0.00662. The predicted octanol–water partition coefficient (Wildman–Crippen LogP) is 1.56. The topological polar surface area (TPSA) is 43.3 Å². The number of hydrogen-bond acceptors (Lipinski definition) is 3. The Hall–Kier alpha value is -1.29. The van der Waals surface area contributed by atoms with Gasteiger partial charge in [-0.15, -0.1) is 0 Å². The van der Waals surface area contributed by atoms with E-state index in [0.29, 0.717) is 19.1 Å². The lowest BCUT2D eigenvalue weighted by atomic mass is 10.2. The number of hydrogen-bond donors (Lipinski definition) is 1. The molecule has 0 aliphatic heterocycles. The maximum atomic E-state index is 11.5. The molecule has 16 heavy (non-hydrogen) atoms. The van der Waals surface area contributed by atoms with Gasteiger partial charge in [-0.05, 0) is 12.0 Å². The highest BCUT2D eigenvalue weighted by atomic mass is 16.5. The van der Waals surface area contributed by atoms with Crippen LogP contribution >= 0.6 is 0 Å². The van der Waals surface area contributed by atoms with E-state index >= 15 is 0 Å². The van der Waals surface area contributed by atoms with Gasteiger partial charge < -0.3 is 14.6 Å². The summed E-state index contributed by atoms with van der Waals surface area (Å²) in [5.41, 5.74) is 0.983. The van der Waals surface area contributed by atoms with Gasteiger partial charge in [-0.25, -0.2) is 0 Å². The molecule has 0 spiro atoms. The lowest BCUT2D eigenvalue weighted by molar-refractivity contribution is 0.186. The van der Waals surface area contributed by atoms with Crippen LogP contribution in [0.25, 0.3) is 0 Å². The largest absolute Gasteiger partial charge is 0.384 e. The summed E-state index contributed by atoms with van der Waals surface area (Å²) in [4.78, 5) is 11.5. The van der Waals surface area contributed by atoms with Gasteiger partial charge in [-0.3, -0.25) is 4.79 Å². The first-order valence-electron chi connectivity index (χ1n) is 5.56. The summed E-state index contributed by atoms with van der Waals surface area (Å²) in [6, 6.07) is 3.40. The zero-order valence-corrected chi connectivity index (χ0v) is 10.2. The van der Waals surface area contributed by atoms with Crippen LogP contribution in [0.5, 0.6) is 0 Å². The van der Waals surface area contributed by atoms with E-state index < -0.39 is 0 Å². The first-order chi connectivity index (χ1) is 7.63. The van der Waals surface area contributed by atoms with E-state index in [4.69, 9.17) is 4.74 Å². The van der Waals surface area contributed by atoms with Crippen molar-refractivity contribution in [3.05, 3.63) is 28.7 Å². The van der Waals surface area contributed by atoms with Crippen molar-refractivity contribution in [2.24, 2.45) is 5.92 Å². The molecule has 0 saturated carbocycles. The molecule has 0 fully saturated rings.